The molecule has 4 rings (SSSR count). The first-order valence-corrected chi connectivity index (χ1v) is 13.1. The maximum absolute atomic E-state index is 12.8. The van der Waals surface area contributed by atoms with Crippen LogP contribution in [0.15, 0.2) is 35.5 Å². The summed E-state index contributed by atoms with van der Waals surface area (Å²) in [5.41, 5.74) is 2.60. The lowest BCUT2D eigenvalue weighted by atomic mass is 9.46. The second kappa shape index (κ2) is 8.03. The minimum absolute atomic E-state index is 0.0888. The molecule has 0 aromatic rings. The van der Waals surface area contributed by atoms with E-state index < -0.39 is 5.97 Å². The molecule has 6 atom stereocenters. The van der Waals surface area contributed by atoms with E-state index in [1.165, 1.54) is 24.1 Å². The van der Waals surface area contributed by atoms with Gasteiger partial charge in [0.25, 0.3) is 0 Å². The van der Waals surface area contributed by atoms with Gasteiger partial charge in [-0.1, -0.05) is 58.4 Å². The van der Waals surface area contributed by atoms with E-state index in [2.05, 4.69) is 47.3 Å². The molecule has 4 aliphatic carbocycles. The monoisotopic (exact) mass is 466 g/mol. The average Bonchev–Trinajstić information content (AvgIpc) is 3.27. The highest BCUT2D eigenvalue weighted by molar-refractivity contribution is 5.98. The van der Waals surface area contributed by atoms with Gasteiger partial charge in [-0.3, -0.25) is 9.59 Å². The van der Waals surface area contributed by atoms with Gasteiger partial charge < -0.3 is 5.11 Å². The van der Waals surface area contributed by atoms with Crippen molar-refractivity contribution < 1.29 is 19.5 Å². The molecule has 1 N–H and O–H groups in total. The molecule has 4 heteroatoms. The Bertz CT molecular complexity index is 1010. The van der Waals surface area contributed by atoms with Crippen molar-refractivity contribution in [2.24, 2.45) is 39.4 Å². The zero-order chi connectivity index (χ0) is 25.3. The quantitative estimate of drug-likeness (QED) is 0.361. The van der Waals surface area contributed by atoms with Crippen LogP contribution in [0.25, 0.3) is 0 Å². The largest absolute Gasteiger partial charge is 0.478 e. The molecule has 0 amide bonds. The predicted octanol–water partition coefficient (Wildman–Crippen LogP) is 6.71. The Labute approximate surface area is 205 Å². The average molecular weight is 467 g/mol. The lowest BCUT2D eigenvalue weighted by molar-refractivity contribution is -0.142. The van der Waals surface area contributed by atoms with Crippen LogP contribution in [-0.2, 0) is 14.4 Å². The molecule has 3 fully saturated rings. The van der Waals surface area contributed by atoms with Crippen molar-refractivity contribution in [3.63, 3.8) is 0 Å². The fourth-order valence-corrected chi connectivity index (χ4v) is 8.88. The maximum Gasteiger partial charge on any atom is 0.331 e. The number of carboxylic acids is 1. The van der Waals surface area contributed by atoms with Crippen molar-refractivity contribution in [3.05, 3.63) is 35.5 Å². The van der Waals surface area contributed by atoms with Crippen LogP contribution in [0.4, 0.5) is 0 Å². The standard InChI is InChI=1S/C30H42O4/c1-18(26(33)34)16-21(31)17-20(3)29(7)14-10-19(2)30(29)15-11-22-23(30)8-9-24-27(4,5)25(32)12-13-28(22,24)6/h8,16,20,22,24H,2,9-15,17H2,1,3-7H3,(H,33,34). The summed E-state index contributed by atoms with van der Waals surface area (Å²) in [6.45, 7) is 17.3. The van der Waals surface area contributed by atoms with Crippen LogP contribution in [0.5, 0.6) is 0 Å². The SMILES string of the molecule is C=C1CCC(C)(C(C)CC(=O)C=C(C)C(=O)O)C12CCC1C2=CCC2C(C)(C)C(=O)CCC12C. The second-order valence-corrected chi connectivity index (χ2v) is 12.8. The smallest absolute Gasteiger partial charge is 0.331 e. The number of aliphatic carboxylic acids is 1. The van der Waals surface area contributed by atoms with Crippen LogP contribution in [0.1, 0.15) is 92.9 Å². The highest BCUT2D eigenvalue weighted by Gasteiger charge is 2.66. The van der Waals surface area contributed by atoms with Crippen molar-refractivity contribution in [1.82, 2.24) is 0 Å². The molecule has 186 valence electrons. The Balaban J connectivity index is 1.70. The molecule has 3 saturated carbocycles. The third-order valence-electron chi connectivity index (χ3n) is 11.2. The molecule has 0 saturated heterocycles. The van der Waals surface area contributed by atoms with Gasteiger partial charge in [0.15, 0.2) is 5.78 Å². The summed E-state index contributed by atoms with van der Waals surface area (Å²) in [5, 5.41) is 9.17. The molecule has 4 aliphatic rings. The molecular formula is C30H42O4. The number of allylic oxidation sites excluding steroid dienone is 4. The van der Waals surface area contributed by atoms with Gasteiger partial charge in [-0.2, -0.15) is 0 Å². The summed E-state index contributed by atoms with van der Waals surface area (Å²) in [6.07, 6.45) is 10.9. The second-order valence-electron chi connectivity index (χ2n) is 12.8. The zero-order valence-corrected chi connectivity index (χ0v) is 21.9. The van der Waals surface area contributed by atoms with Gasteiger partial charge >= 0.3 is 5.97 Å². The maximum atomic E-state index is 12.8. The van der Waals surface area contributed by atoms with Crippen LogP contribution in [0.3, 0.4) is 0 Å². The first-order chi connectivity index (χ1) is 15.7. The van der Waals surface area contributed by atoms with Crippen LogP contribution in [-0.4, -0.2) is 22.6 Å². The first kappa shape index (κ1) is 25.1. The van der Waals surface area contributed by atoms with Crippen LogP contribution >= 0.6 is 0 Å². The molecule has 6 unspecified atom stereocenters. The summed E-state index contributed by atoms with van der Waals surface area (Å²) in [4.78, 5) is 36.8. The Morgan fingerprint density at radius 3 is 2.50 bits per heavy atom. The van der Waals surface area contributed by atoms with Gasteiger partial charge in [0.1, 0.15) is 5.78 Å². The molecule has 1 spiro atoms. The molecule has 0 aromatic heterocycles. The van der Waals surface area contributed by atoms with Gasteiger partial charge in [0, 0.05) is 29.2 Å². The number of carboxylic acid groups (broad SMARTS) is 1. The molecule has 34 heavy (non-hydrogen) atoms. The first-order valence-electron chi connectivity index (χ1n) is 13.1. The van der Waals surface area contributed by atoms with Crippen molar-refractivity contribution >= 4 is 17.5 Å². The van der Waals surface area contributed by atoms with Crippen LogP contribution < -0.4 is 0 Å². The number of ketones is 2. The van der Waals surface area contributed by atoms with Crippen molar-refractivity contribution in [2.75, 3.05) is 0 Å². The van der Waals surface area contributed by atoms with Gasteiger partial charge in [-0.15, -0.1) is 0 Å². The molecule has 0 aromatic carbocycles. The molecule has 0 heterocycles. The van der Waals surface area contributed by atoms with Crippen LogP contribution in [0.2, 0.25) is 0 Å². The number of hydrogen-bond acceptors (Lipinski definition) is 3. The summed E-state index contributed by atoms with van der Waals surface area (Å²) in [5.74, 6) is 0.214. The predicted molar refractivity (Wildman–Crippen MR) is 134 cm³/mol. The third kappa shape index (κ3) is 3.27. The van der Waals surface area contributed by atoms with E-state index in [1.807, 2.05) is 0 Å². The zero-order valence-electron chi connectivity index (χ0n) is 21.9. The fraction of sp³-hybridized carbons (Fsp3) is 0.700. The van der Waals surface area contributed by atoms with Gasteiger partial charge in [-0.25, -0.2) is 4.79 Å². The van der Waals surface area contributed by atoms with E-state index in [1.54, 1.807) is 0 Å². The molecule has 4 nitrogen and oxygen atoms in total. The van der Waals surface area contributed by atoms with E-state index in [4.69, 9.17) is 0 Å². The summed E-state index contributed by atoms with van der Waals surface area (Å²) >= 11 is 0. The number of hydrogen-bond donors (Lipinski definition) is 1. The van der Waals surface area contributed by atoms with E-state index in [0.717, 1.165) is 38.5 Å². The van der Waals surface area contributed by atoms with E-state index in [-0.39, 0.29) is 38.9 Å². The Hall–Kier alpha value is -1.97. The van der Waals surface area contributed by atoms with Crippen LogP contribution in [0, 0.1) is 39.4 Å². The van der Waals surface area contributed by atoms with Crippen molar-refractivity contribution in [1.29, 1.82) is 0 Å². The van der Waals surface area contributed by atoms with Gasteiger partial charge in [0.2, 0.25) is 0 Å². The highest BCUT2D eigenvalue weighted by atomic mass is 16.4. The number of Topliss-reactive ketones (excluding diaryl/α,β-unsaturated/α-hetero) is 1. The lowest BCUT2D eigenvalue weighted by Gasteiger charge is -2.57. The molecule has 0 aliphatic heterocycles. The normalized spacial score (nSPS) is 40.1. The number of fused-ring (bicyclic) bond motifs is 4. The van der Waals surface area contributed by atoms with E-state index in [9.17, 15) is 19.5 Å². The van der Waals surface area contributed by atoms with Crippen molar-refractivity contribution in [2.45, 2.75) is 92.9 Å². The lowest BCUT2D eigenvalue weighted by Crippen LogP contribution is -2.53. The number of carbonyl (C=O) groups excluding carboxylic acids is 2. The third-order valence-corrected chi connectivity index (χ3v) is 11.2. The highest BCUT2D eigenvalue weighted by Crippen LogP contribution is 2.74. The van der Waals surface area contributed by atoms with Gasteiger partial charge in [0.05, 0.1) is 0 Å². The van der Waals surface area contributed by atoms with Gasteiger partial charge in [-0.05, 0) is 80.1 Å². The topological polar surface area (TPSA) is 71.4 Å². The minimum atomic E-state index is -1.04. The molecular weight excluding hydrogens is 424 g/mol. The Morgan fingerprint density at radius 1 is 1.18 bits per heavy atom. The molecule has 0 radical (unpaired) electrons. The summed E-state index contributed by atoms with van der Waals surface area (Å²) in [6, 6.07) is 0. The minimum Gasteiger partial charge on any atom is -0.478 e. The summed E-state index contributed by atoms with van der Waals surface area (Å²) in [7, 11) is 0. The van der Waals surface area contributed by atoms with Crippen molar-refractivity contribution in [3.8, 4) is 0 Å². The number of carbonyl (C=O) groups is 3. The fourth-order valence-electron chi connectivity index (χ4n) is 8.88. The van der Waals surface area contributed by atoms with E-state index in [0.29, 0.717) is 30.5 Å². The number of rotatable bonds is 5. The Morgan fingerprint density at radius 2 is 1.85 bits per heavy atom. The summed E-state index contributed by atoms with van der Waals surface area (Å²) < 4.78 is 0. The molecule has 0 bridgehead atoms. The van der Waals surface area contributed by atoms with E-state index >= 15 is 0 Å². The Kier molecular flexibility index (Phi) is 5.94.